The number of benzene rings is 1. The second kappa shape index (κ2) is 5.89. The van der Waals surface area contributed by atoms with Crippen molar-refractivity contribution in [2.45, 2.75) is 6.42 Å². The third-order valence-electron chi connectivity index (χ3n) is 1.80. The first kappa shape index (κ1) is 11.3. The molecule has 3 heteroatoms. The van der Waals surface area contributed by atoms with Gasteiger partial charge in [-0.15, -0.1) is 0 Å². The van der Waals surface area contributed by atoms with E-state index in [0.29, 0.717) is 10.6 Å². The second-order valence-electron chi connectivity index (χ2n) is 2.78. The summed E-state index contributed by atoms with van der Waals surface area (Å²) in [6, 6.07) is 5.40. The standard InChI is InChI=1S/C11H11ClOS/c12-11-6-3-5-9(10(11)8-13)4-1-2-7-14/h1,3-6,8,14H,2,7H2. The van der Waals surface area contributed by atoms with Gasteiger partial charge in [0.25, 0.3) is 0 Å². The number of allylic oxidation sites excluding steroid dienone is 1. The van der Waals surface area contributed by atoms with E-state index in [4.69, 9.17) is 11.6 Å². The number of halogens is 1. The molecular weight excluding hydrogens is 216 g/mol. The van der Waals surface area contributed by atoms with Gasteiger partial charge < -0.3 is 0 Å². The molecule has 1 aromatic carbocycles. The van der Waals surface area contributed by atoms with E-state index in [-0.39, 0.29) is 0 Å². The van der Waals surface area contributed by atoms with Crippen LogP contribution in [0.3, 0.4) is 0 Å². The van der Waals surface area contributed by atoms with Crippen molar-refractivity contribution in [1.29, 1.82) is 0 Å². The smallest absolute Gasteiger partial charge is 0.152 e. The van der Waals surface area contributed by atoms with Crippen LogP contribution in [0.15, 0.2) is 24.3 Å². The first-order valence-electron chi connectivity index (χ1n) is 4.30. The monoisotopic (exact) mass is 226 g/mol. The van der Waals surface area contributed by atoms with Gasteiger partial charge >= 0.3 is 0 Å². The van der Waals surface area contributed by atoms with Crippen LogP contribution in [0.4, 0.5) is 0 Å². The predicted molar refractivity (Wildman–Crippen MR) is 64.3 cm³/mol. The fraction of sp³-hybridized carbons (Fsp3) is 0.182. The quantitative estimate of drug-likeness (QED) is 0.615. The third kappa shape index (κ3) is 2.89. The van der Waals surface area contributed by atoms with E-state index in [0.717, 1.165) is 24.0 Å². The Morgan fingerprint density at radius 3 is 2.86 bits per heavy atom. The Balaban J connectivity index is 2.96. The van der Waals surface area contributed by atoms with Crippen LogP contribution in [0, 0.1) is 0 Å². The van der Waals surface area contributed by atoms with E-state index < -0.39 is 0 Å². The molecule has 0 bridgehead atoms. The van der Waals surface area contributed by atoms with Crippen molar-refractivity contribution in [2.75, 3.05) is 5.75 Å². The van der Waals surface area contributed by atoms with Gasteiger partial charge in [-0.3, -0.25) is 4.79 Å². The number of hydrogen-bond donors (Lipinski definition) is 1. The highest BCUT2D eigenvalue weighted by Gasteiger charge is 2.01. The van der Waals surface area contributed by atoms with E-state index in [9.17, 15) is 4.79 Å². The zero-order valence-electron chi connectivity index (χ0n) is 7.61. The van der Waals surface area contributed by atoms with Crippen molar-refractivity contribution in [2.24, 2.45) is 0 Å². The fourth-order valence-electron chi connectivity index (χ4n) is 1.11. The Morgan fingerprint density at radius 2 is 2.21 bits per heavy atom. The first-order chi connectivity index (χ1) is 6.79. The van der Waals surface area contributed by atoms with Gasteiger partial charge in [0.1, 0.15) is 0 Å². The van der Waals surface area contributed by atoms with Gasteiger partial charge in [0.15, 0.2) is 6.29 Å². The molecule has 0 radical (unpaired) electrons. The van der Waals surface area contributed by atoms with E-state index in [1.54, 1.807) is 6.07 Å². The van der Waals surface area contributed by atoms with Crippen LogP contribution in [0.5, 0.6) is 0 Å². The topological polar surface area (TPSA) is 17.1 Å². The summed E-state index contributed by atoms with van der Waals surface area (Å²) < 4.78 is 0. The van der Waals surface area contributed by atoms with Crippen LogP contribution >= 0.6 is 24.2 Å². The zero-order valence-corrected chi connectivity index (χ0v) is 9.26. The number of rotatable bonds is 4. The highest BCUT2D eigenvalue weighted by molar-refractivity contribution is 7.80. The van der Waals surface area contributed by atoms with E-state index >= 15 is 0 Å². The van der Waals surface area contributed by atoms with Crippen LogP contribution in [-0.2, 0) is 0 Å². The average molecular weight is 227 g/mol. The second-order valence-corrected chi connectivity index (χ2v) is 3.63. The maximum atomic E-state index is 10.7. The van der Waals surface area contributed by atoms with Crippen molar-refractivity contribution < 1.29 is 4.79 Å². The van der Waals surface area contributed by atoms with E-state index in [1.165, 1.54) is 0 Å². The van der Waals surface area contributed by atoms with Gasteiger partial charge in [-0.1, -0.05) is 35.9 Å². The summed E-state index contributed by atoms with van der Waals surface area (Å²) in [6.07, 6.45) is 5.54. The van der Waals surface area contributed by atoms with Crippen LogP contribution in [0.1, 0.15) is 22.3 Å². The van der Waals surface area contributed by atoms with Crippen molar-refractivity contribution in [3.63, 3.8) is 0 Å². The molecule has 0 aliphatic heterocycles. The Bertz CT molecular complexity index is 347. The van der Waals surface area contributed by atoms with Crippen LogP contribution in [0.2, 0.25) is 5.02 Å². The molecule has 0 aliphatic rings. The summed E-state index contributed by atoms with van der Waals surface area (Å²) in [5, 5.41) is 0.494. The molecule has 0 amide bonds. The molecule has 0 aromatic heterocycles. The van der Waals surface area contributed by atoms with Crippen LogP contribution < -0.4 is 0 Å². The molecule has 0 fully saturated rings. The summed E-state index contributed by atoms with van der Waals surface area (Å²) in [5.41, 5.74) is 1.40. The number of thiol groups is 1. The molecule has 0 spiro atoms. The third-order valence-corrected chi connectivity index (χ3v) is 2.39. The largest absolute Gasteiger partial charge is 0.298 e. The lowest BCUT2D eigenvalue weighted by Gasteiger charge is -2.00. The van der Waals surface area contributed by atoms with Crippen molar-refractivity contribution in [1.82, 2.24) is 0 Å². The maximum absolute atomic E-state index is 10.7. The Kier molecular flexibility index (Phi) is 4.77. The van der Waals surface area contributed by atoms with Crippen molar-refractivity contribution >= 4 is 36.6 Å². The fourth-order valence-corrected chi connectivity index (χ4v) is 1.48. The predicted octanol–water partition coefficient (Wildman–Crippen LogP) is 3.49. The van der Waals surface area contributed by atoms with Gasteiger partial charge in [0, 0.05) is 5.56 Å². The molecule has 74 valence electrons. The molecule has 1 nitrogen and oxygen atoms in total. The molecule has 0 N–H and O–H groups in total. The minimum atomic E-state index is 0.494. The Labute approximate surface area is 94.2 Å². The number of hydrogen-bond acceptors (Lipinski definition) is 2. The Hall–Kier alpha value is -0.730. The van der Waals surface area contributed by atoms with Gasteiger partial charge in [-0.2, -0.15) is 12.6 Å². The van der Waals surface area contributed by atoms with Crippen LogP contribution in [-0.4, -0.2) is 12.0 Å². The van der Waals surface area contributed by atoms with Crippen molar-refractivity contribution in [3.8, 4) is 0 Å². The number of aldehydes is 1. The summed E-state index contributed by atoms with van der Waals surface area (Å²) in [6.45, 7) is 0. The molecule has 0 unspecified atom stereocenters. The summed E-state index contributed by atoms with van der Waals surface area (Å²) >= 11 is 9.95. The van der Waals surface area contributed by atoms with Gasteiger partial charge in [0.05, 0.1) is 5.02 Å². The molecule has 0 aliphatic carbocycles. The minimum Gasteiger partial charge on any atom is -0.298 e. The van der Waals surface area contributed by atoms with Gasteiger partial charge in [0.2, 0.25) is 0 Å². The lowest BCUT2D eigenvalue weighted by atomic mass is 10.1. The molecule has 1 rings (SSSR count). The van der Waals surface area contributed by atoms with Crippen LogP contribution in [0.25, 0.3) is 6.08 Å². The molecule has 14 heavy (non-hydrogen) atoms. The van der Waals surface area contributed by atoms with E-state index in [2.05, 4.69) is 12.6 Å². The SMILES string of the molecule is O=Cc1c(Cl)cccc1C=CCCS. The zero-order chi connectivity index (χ0) is 10.4. The summed E-state index contributed by atoms with van der Waals surface area (Å²) in [7, 11) is 0. The lowest BCUT2D eigenvalue weighted by molar-refractivity contribution is 0.112. The Morgan fingerprint density at radius 1 is 1.43 bits per heavy atom. The highest BCUT2D eigenvalue weighted by Crippen LogP contribution is 2.19. The van der Waals surface area contributed by atoms with Gasteiger partial charge in [-0.05, 0) is 23.8 Å². The average Bonchev–Trinajstić information content (AvgIpc) is 2.18. The van der Waals surface area contributed by atoms with Crippen molar-refractivity contribution in [3.05, 3.63) is 40.4 Å². The molecule has 1 aromatic rings. The van der Waals surface area contributed by atoms with Gasteiger partial charge in [-0.25, -0.2) is 0 Å². The first-order valence-corrected chi connectivity index (χ1v) is 5.31. The number of carbonyl (C=O) groups is 1. The summed E-state index contributed by atoms with van der Waals surface area (Å²) in [5.74, 6) is 0.799. The molecule has 0 atom stereocenters. The molecule has 0 heterocycles. The highest BCUT2D eigenvalue weighted by atomic mass is 35.5. The van der Waals surface area contributed by atoms with E-state index in [1.807, 2.05) is 24.3 Å². The lowest BCUT2D eigenvalue weighted by Crippen LogP contribution is -1.87. The molecular formula is C11H11ClOS. The molecule has 0 saturated heterocycles. The summed E-state index contributed by atoms with van der Waals surface area (Å²) in [4.78, 5) is 10.7. The number of carbonyl (C=O) groups excluding carboxylic acids is 1. The minimum absolute atomic E-state index is 0.494. The normalized spacial score (nSPS) is 10.7. The maximum Gasteiger partial charge on any atom is 0.152 e. The molecule has 0 saturated carbocycles.